The molecule has 0 radical (unpaired) electrons. The Morgan fingerprint density at radius 2 is 2.07 bits per heavy atom. The van der Waals surface area contributed by atoms with Crippen molar-refractivity contribution in [1.29, 1.82) is 0 Å². The van der Waals surface area contributed by atoms with E-state index < -0.39 is 11.7 Å². The third-order valence-corrected chi connectivity index (χ3v) is 2.58. The monoisotopic (exact) mass is 227 g/mol. The zero-order valence-electron chi connectivity index (χ0n) is 7.90. The minimum Gasteiger partial charge on any atom is -0.369 e. The molecule has 0 unspecified atom stereocenters. The van der Waals surface area contributed by atoms with Gasteiger partial charge in [-0.1, -0.05) is 12.1 Å². The Balaban J connectivity index is 2.50. The molecule has 3 nitrogen and oxygen atoms in total. The third kappa shape index (κ3) is 4.12. The van der Waals surface area contributed by atoms with E-state index in [0.29, 0.717) is 5.56 Å². The molecular formula is C10H10FNO2S. The van der Waals surface area contributed by atoms with Crippen LogP contribution >= 0.6 is 11.8 Å². The molecule has 1 aromatic rings. The molecule has 1 aromatic carbocycles. The van der Waals surface area contributed by atoms with E-state index in [1.807, 2.05) is 0 Å². The van der Waals surface area contributed by atoms with Crippen LogP contribution in [0.4, 0.5) is 4.39 Å². The molecule has 0 spiro atoms. The fourth-order valence-corrected chi connectivity index (χ4v) is 1.64. The number of halogens is 1. The second kappa shape index (κ2) is 5.50. The summed E-state index contributed by atoms with van der Waals surface area (Å²) in [5.41, 5.74) is 5.22. The van der Waals surface area contributed by atoms with Crippen LogP contribution in [-0.2, 0) is 4.79 Å². The molecule has 0 saturated carbocycles. The summed E-state index contributed by atoms with van der Waals surface area (Å²) < 4.78 is 12.7. The minimum absolute atomic E-state index is 0.0983. The molecule has 0 aliphatic heterocycles. The lowest BCUT2D eigenvalue weighted by atomic mass is 10.1. The number of nitrogens with two attached hydrogens (primary N) is 1. The standard InChI is InChI=1S/C10H10FNO2S/c11-8-3-1-2-7(4-8)9(13)5-15-6-10(12)14/h1-4H,5-6H2,(H2,12,14). The second-order valence-electron chi connectivity index (χ2n) is 2.89. The van der Waals surface area contributed by atoms with Gasteiger partial charge in [0.05, 0.1) is 11.5 Å². The lowest BCUT2D eigenvalue weighted by Gasteiger charge is -1.99. The number of Topliss-reactive ketones (excluding diaryl/α,β-unsaturated/α-hetero) is 1. The molecule has 0 saturated heterocycles. The number of carbonyl (C=O) groups excluding carboxylic acids is 2. The van der Waals surface area contributed by atoms with E-state index >= 15 is 0 Å². The molecule has 0 heterocycles. The zero-order chi connectivity index (χ0) is 11.3. The summed E-state index contributed by atoms with van der Waals surface area (Å²) in [6.45, 7) is 0. The molecule has 0 atom stereocenters. The van der Waals surface area contributed by atoms with Gasteiger partial charge in [-0.15, -0.1) is 11.8 Å². The molecule has 0 aromatic heterocycles. The van der Waals surface area contributed by atoms with Crippen LogP contribution in [-0.4, -0.2) is 23.2 Å². The topological polar surface area (TPSA) is 60.2 Å². The van der Waals surface area contributed by atoms with Crippen LogP contribution in [0.1, 0.15) is 10.4 Å². The van der Waals surface area contributed by atoms with E-state index in [0.717, 1.165) is 11.8 Å². The Bertz CT molecular complexity index is 381. The van der Waals surface area contributed by atoms with E-state index in [9.17, 15) is 14.0 Å². The highest BCUT2D eigenvalue weighted by Gasteiger charge is 2.07. The van der Waals surface area contributed by atoms with Crippen molar-refractivity contribution >= 4 is 23.5 Å². The first kappa shape index (κ1) is 11.7. The smallest absolute Gasteiger partial charge is 0.227 e. The molecule has 80 valence electrons. The summed E-state index contributed by atoms with van der Waals surface area (Å²) in [6.07, 6.45) is 0. The maximum absolute atomic E-state index is 12.7. The molecule has 0 fully saturated rings. The molecule has 2 N–H and O–H groups in total. The largest absolute Gasteiger partial charge is 0.369 e. The van der Waals surface area contributed by atoms with Gasteiger partial charge in [0.25, 0.3) is 0 Å². The summed E-state index contributed by atoms with van der Waals surface area (Å²) in [6, 6.07) is 5.46. The first-order valence-corrected chi connectivity index (χ1v) is 5.40. The summed E-state index contributed by atoms with van der Waals surface area (Å²) in [5.74, 6) is -0.887. The van der Waals surface area contributed by atoms with Gasteiger partial charge in [0.15, 0.2) is 5.78 Å². The lowest BCUT2D eigenvalue weighted by Crippen LogP contribution is -2.15. The van der Waals surface area contributed by atoms with E-state index in [-0.39, 0.29) is 17.3 Å². The third-order valence-electron chi connectivity index (χ3n) is 1.62. The highest BCUT2D eigenvalue weighted by Crippen LogP contribution is 2.08. The van der Waals surface area contributed by atoms with Crippen molar-refractivity contribution in [3.05, 3.63) is 35.6 Å². The number of carbonyl (C=O) groups is 2. The first-order chi connectivity index (χ1) is 7.09. The normalized spacial score (nSPS) is 9.93. The summed E-state index contributed by atoms with van der Waals surface area (Å²) in [7, 11) is 0. The average molecular weight is 227 g/mol. The maximum Gasteiger partial charge on any atom is 0.227 e. The number of amides is 1. The highest BCUT2D eigenvalue weighted by molar-refractivity contribution is 8.00. The van der Waals surface area contributed by atoms with Crippen LogP contribution in [0.15, 0.2) is 24.3 Å². The van der Waals surface area contributed by atoms with Crippen molar-refractivity contribution in [1.82, 2.24) is 0 Å². The Kier molecular flexibility index (Phi) is 4.30. The van der Waals surface area contributed by atoms with Gasteiger partial charge >= 0.3 is 0 Å². The number of hydrogen-bond donors (Lipinski definition) is 1. The van der Waals surface area contributed by atoms with Gasteiger partial charge in [-0.3, -0.25) is 9.59 Å². The van der Waals surface area contributed by atoms with Crippen molar-refractivity contribution in [3.8, 4) is 0 Å². The minimum atomic E-state index is -0.466. The highest BCUT2D eigenvalue weighted by atomic mass is 32.2. The summed E-state index contributed by atoms with van der Waals surface area (Å²) >= 11 is 1.12. The second-order valence-corrected chi connectivity index (χ2v) is 3.88. The first-order valence-electron chi connectivity index (χ1n) is 4.24. The summed E-state index contributed by atoms with van der Waals surface area (Å²) in [5, 5.41) is 0. The Hall–Kier alpha value is -1.36. The number of rotatable bonds is 5. The Morgan fingerprint density at radius 3 is 2.67 bits per heavy atom. The van der Waals surface area contributed by atoms with Crippen molar-refractivity contribution in [2.45, 2.75) is 0 Å². The van der Waals surface area contributed by atoms with Gasteiger partial charge in [0, 0.05) is 5.56 Å². The predicted molar refractivity (Wildman–Crippen MR) is 57.2 cm³/mol. The number of ketones is 1. The van der Waals surface area contributed by atoms with E-state index in [4.69, 9.17) is 5.73 Å². The molecule has 0 aliphatic rings. The van der Waals surface area contributed by atoms with Crippen molar-refractivity contribution in [2.75, 3.05) is 11.5 Å². The summed E-state index contributed by atoms with van der Waals surface area (Å²) in [4.78, 5) is 21.8. The fraction of sp³-hybridized carbons (Fsp3) is 0.200. The molecule has 1 amide bonds. The van der Waals surface area contributed by atoms with Gasteiger partial charge in [0.1, 0.15) is 5.82 Å². The zero-order valence-corrected chi connectivity index (χ0v) is 8.72. The van der Waals surface area contributed by atoms with E-state index in [2.05, 4.69) is 0 Å². The van der Waals surface area contributed by atoms with Gasteiger partial charge in [-0.25, -0.2) is 4.39 Å². The Morgan fingerprint density at radius 1 is 1.33 bits per heavy atom. The van der Waals surface area contributed by atoms with Crippen LogP contribution < -0.4 is 5.73 Å². The van der Waals surface area contributed by atoms with E-state index in [1.54, 1.807) is 0 Å². The van der Waals surface area contributed by atoms with Crippen LogP contribution in [0.5, 0.6) is 0 Å². The number of primary amides is 1. The Labute approximate surface area is 90.8 Å². The van der Waals surface area contributed by atoms with Gasteiger partial charge in [0.2, 0.25) is 5.91 Å². The fourth-order valence-electron chi connectivity index (χ4n) is 0.990. The number of benzene rings is 1. The van der Waals surface area contributed by atoms with Gasteiger partial charge in [-0.05, 0) is 12.1 Å². The number of hydrogen-bond acceptors (Lipinski definition) is 3. The maximum atomic E-state index is 12.7. The number of thioether (sulfide) groups is 1. The molecule has 0 aliphatic carbocycles. The molecule has 1 rings (SSSR count). The van der Waals surface area contributed by atoms with E-state index in [1.165, 1.54) is 24.3 Å². The SMILES string of the molecule is NC(=O)CSCC(=O)c1cccc(F)c1. The van der Waals surface area contributed by atoms with Crippen LogP contribution in [0.3, 0.4) is 0 Å². The molecular weight excluding hydrogens is 217 g/mol. The average Bonchev–Trinajstić information content (AvgIpc) is 2.17. The van der Waals surface area contributed by atoms with Crippen molar-refractivity contribution in [2.24, 2.45) is 5.73 Å². The molecule has 5 heteroatoms. The van der Waals surface area contributed by atoms with Crippen molar-refractivity contribution < 1.29 is 14.0 Å². The lowest BCUT2D eigenvalue weighted by molar-refractivity contribution is -0.115. The van der Waals surface area contributed by atoms with Crippen LogP contribution in [0.2, 0.25) is 0 Å². The van der Waals surface area contributed by atoms with Gasteiger partial charge in [-0.2, -0.15) is 0 Å². The molecule has 15 heavy (non-hydrogen) atoms. The quantitative estimate of drug-likeness (QED) is 0.769. The van der Waals surface area contributed by atoms with Crippen molar-refractivity contribution in [3.63, 3.8) is 0 Å². The molecule has 0 bridgehead atoms. The predicted octanol–water partition coefficient (Wildman–Crippen LogP) is 1.23. The van der Waals surface area contributed by atoms with Gasteiger partial charge < -0.3 is 5.73 Å². The van der Waals surface area contributed by atoms with Crippen LogP contribution in [0, 0.1) is 5.82 Å². The van der Waals surface area contributed by atoms with Crippen LogP contribution in [0.25, 0.3) is 0 Å².